The van der Waals surface area contributed by atoms with Crippen LogP contribution in [0, 0.1) is 20.8 Å². The van der Waals surface area contributed by atoms with E-state index in [9.17, 15) is 18.0 Å². The summed E-state index contributed by atoms with van der Waals surface area (Å²) >= 11 is 0. The van der Waals surface area contributed by atoms with E-state index in [1.54, 1.807) is 6.07 Å². The van der Waals surface area contributed by atoms with Crippen molar-refractivity contribution in [3.05, 3.63) is 82.7 Å². The lowest BCUT2D eigenvalue weighted by molar-refractivity contribution is 0.0474. The summed E-state index contributed by atoms with van der Waals surface area (Å²) < 4.78 is 30.1. The Balaban J connectivity index is 1.73. The van der Waals surface area contributed by atoms with Crippen LogP contribution in [0.4, 0.5) is 0 Å². The maximum absolute atomic E-state index is 12.7. The zero-order valence-electron chi connectivity index (χ0n) is 17.3. The van der Waals surface area contributed by atoms with E-state index >= 15 is 0 Å². The van der Waals surface area contributed by atoms with Crippen LogP contribution < -0.4 is 0 Å². The molecule has 0 saturated heterocycles. The van der Waals surface area contributed by atoms with Crippen LogP contribution in [-0.2, 0) is 14.6 Å². The number of esters is 1. The van der Waals surface area contributed by atoms with Gasteiger partial charge in [-0.2, -0.15) is 0 Å². The average Bonchev–Trinajstić information content (AvgIpc) is 3.00. The van der Waals surface area contributed by atoms with Crippen molar-refractivity contribution < 1.29 is 22.7 Å². The molecule has 0 fully saturated rings. The standard InChI is InChI=1S/C23H23NO5S/c1-15-5-9-19(10-6-15)24-16(2)13-21(17(24)3)22(25)14-29-23(26)18-7-11-20(12-8-18)30(4,27)28/h5-13H,14H2,1-4H3. The highest BCUT2D eigenvalue weighted by atomic mass is 32.2. The molecule has 1 heterocycles. The van der Waals surface area contributed by atoms with Crippen molar-refractivity contribution in [2.75, 3.05) is 12.9 Å². The number of benzene rings is 2. The van der Waals surface area contributed by atoms with Crippen molar-refractivity contribution in [2.24, 2.45) is 0 Å². The van der Waals surface area contributed by atoms with Gasteiger partial charge < -0.3 is 9.30 Å². The summed E-state index contributed by atoms with van der Waals surface area (Å²) in [5.41, 5.74) is 4.46. The highest BCUT2D eigenvalue weighted by Gasteiger charge is 2.19. The molecule has 0 unspecified atom stereocenters. The number of sulfone groups is 1. The van der Waals surface area contributed by atoms with Crippen molar-refractivity contribution in [1.82, 2.24) is 4.57 Å². The van der Waals surface area contributed by atoms with Gasteiger partial charge >= 0.3 is 5.97 Å². The number of hydrogen-bond acceptors (Lipinski definition) is 5. The lowest BCUT2D eigenvalue weighted by atomic mass is 10.1. The Morgan fingerprint density at radius 1 is 0.933 bits per heavy atom. The number of Topliss-reactive ketones (excluding diaryl/α,β-unsaturated/α-hetero) is 1. The van der Waals surface area contributed by atoms with Crippen molar-refractivity contribution >= 4 is 21.6 Å². The second-order valence-corrected chi connectivity index (χ2v) is 9.27. The number of ketones is 1. The van der Waals surface area contributed by atoms with Gasteiger partial charge in [-0.1, -0.05) is 17.7 Å². The van der Waals surface area contributed by atoms with Crippen LogP contribution in [0.15, 0.2) is 59.5 Å². The third-order valence-electron chi connectivity index (χ3n) is 4.88. The fourth-order valence-corrected chi connectivity index (χ4v) is 3.90. The number of carbonyl (C=O) groups is 2. The molecule has 1 aromatic heterocycles. The molecule has 0 bridgehead atoms. The lowest BCUT2D eigenvalue weighted by Crippen LogP contribution is -2.15. The van der Waals surface area contributed by atoms with E-state index < -0.39 is 22.4 Å². The molecule has 0 N–H and O–H groups in total. The topological polar surface area (TPSA) is 82.4 Å². The Hall–Kier alpha value is -3.19. The Kier molecular flexibility index (Phi) is 5.94. The molecule has 2 aromatic carbocycles. The lowest BCUT2D eigenvalue weighted by Gasteiger charge is -2.10. The number of rotatable bonds is 6. The quantitative estimate of drug-likeness (QED) is 0.443. The maximum Gasteiger partial charge on any atom is 0.338 e. The smallest absolute Gasteiger partial charge is 0.338 e. The summed E-state index contributed by atoms with van der Waals surface area (Å²) in [5, 5.41) is 0. The van der Waals surface area contributed by atoms with Gasteiger partial charge in [-0.15, -0.1) is 0 Å². The van der Waals surface area contributed by atoms with Gasteiger partial charge in [0.1, 0.15) is 0 Å². The SMILES string of the molecule is Cc1ccc(-n2c(C)cc(C(=O)COC(=O)c3ccc(S(C)(=O)=O)cc3)c2C)cc1. The van der Waals surface area contributed by atoms with Gasteiger partial charge in [0, 0.05) is 28.9 Å². The minimum absolute atomic E-state index is 0.110. The molecule has 156 valence electrons. The number of aromatic nitrogens is 1. The normalized spacial score (nSPS) is 11.3. The van der Waals surface area contributed by atoms with E-state index in [0.717, 1.165) is 28.9 Å². The number of hydrogen-bond donors (Lipinski definition) is 0. The Labute approximate surface area is 176 Å². The first-order valence-electron chi connectivity index (χ1n) is 9.34. The van der Waals surface area contributed by atoms with Gasteiger partial charge in [0.05, 0.1) is 10.5 Å². The summed E-state index contributed by atoms with van der Waals surface area (Å²) in [7, 11) is -3.35. The second kappa shape index (κ2) is 8.28. The molecule has 7 heteroatoms. The van der Waals surface area contributed by atoms with Crippen LogP contribution in [0.25, 0.3) is 5.69 Å². The Morgan fingerprint density at radius 2 is 1.53 bits per heavy atom. The highest BCUT2D eigenvalue weighted by molar-refractivity contribution is 7.90. The maximum atomic E-state index is 12.7. The number of aryl methyl sites for hydroxylation is 2. The molecule has 0 atom stereocenters. The molecule has 0 radical (unpaired) electrons. The first-order chi connectivity index (χ1) is 14.1. The average molecular weight is 426 g/mol. The minimum Gasteiger partial charge on any atom is -0.454 e. The van der Waals surface area contributed by atoms with E-state index in [1.807, 2.05) is 49.6 Å². The molecular weight excluding hydrogens is 402 g/mol. The van der Waals surface area contributed by atoms with Crippen LogP contribution in [0.3, 0.4) is 0 Å². The summed E-state index contributed by atoms with van der Waals surface area (Å²) in [4.78, 5) is 25.0. The molecule has 3 rings (SSSR count). The first-order valence-corrected chi connectivity index (χ1v) is 11.2. The van der Waals surface area contributed by atoms with Crippen LogP contribution in [0.5, 0.6) is 0 Å². The summed E-state index contributed by atoms with van der Waals surface area (Å²) in [6.07, 6.45) is 1.09. The fraction of sp³-hybridized carbons (Fsp3) is 0.217. The van der Waals surface area contributed by atoms with Crippen LogP contribution >= 0.6 is 0 Å². The molecule has 0 amide bonds. The van der Waals surface area contributed by atoms with Crippen molar-refractivity contribution in [1.29, 1.82) is 0 Å². The predicted molar refractivity (Wildman–Crippen MR) is 114 cm³/mol. The van der Waals surface area contributed by atoms with E-state index in [2.05, 4.69) is 0 Å². The van der Waals surface area contributed by atoms with Crippen LogP contribution in [0.1, 0.15) is 37.7 Å². The van der Waals surface area contributed by atoms with Gasteiger partial charge in [0.15, 0.2) is 16.4 Å². The first kappa shape index (κ1) is 21.5. The zero-order chi connectivity index (χ0) is 22.1. The number of nitrogens with zero attached hydrogens (tertiary/aromatic N) is 1. The monoisotopic (exact) mass is 425 g/mol. The van der Waals surface area contributed by atoms with Crippen LogP contribution in [0.2, 0.25) is 0 Å². The number of carbonyl (C=O) groups excluding carboxylic acids is 2. The third-order valence-corrected chi connectivity index (χ3v) is 6.00. The minimum atomic E-state index is -3.35. The van der Waals surface area contributed by atoms with Crippen molar-refractivity contribution in [3.8, 4) is 5.69 Å². The molecule has 0 aliphatic heterocycles. The molecule has 30 heavy (non-hydrogen) atoms. The van der Waals surface area contributed by atoms with E-state index in [4.69, 9.17) is 4.74 Å². The van der Waals surface area contributed by atoms with Crippen molar-refractivity contribution in [2.45, 2.75) is 25.7 Å². The molecule has 0 aliphatic rings. The molecular formula is C23H23NO5S. The van der Waals surface area contributed by atoms with Gasteiger partial charge in [-0.05, 0) is 63.2 Å². The zero-order valence-corrected chi connectivity index (χ0v) is 18.1. The van der Waals surface area contributed by atoms with Gasteiger partial charge in [-0.3, -0.25) is 4.79 Å². The largest absolute Gasteiger partial charge is 0.454 e. The van der Waals surface area contributed by atoms with Gasteiger partial charge in [-0.25, -0.2) is 13.2 Å². The molecule has 0 aliphatic carbocycles. The number of ether oxygens (including phenoxy) is 1. The summed E-state index contributed by atoms with van der Waals surface area (Å²) in [6.45, 7) is 5.38. The summed E-state index contributed by atoms with van der Waals surface area (Å²) in [5.74, 6) is -0.988. The molecule has 0 saturated carbocycles. The van der Waals surface area contributed by atoms with E-state index in [0.29, 0.717) is 5.56 Å². The summed E-state index contributed by atoms with van der Waals surface area (Å²) in [6, 6.07) is 15.2. The van der Waals surface area contributed by atoms with Crippen LogP contribution in [-0.4, -0.2) is 37.6 Å². The second-order valence-electron chi connectivity index (χ2n) is 7.25. The third kappa shape index (κ3) is 4.52. The highest BCUT2D eigenvalue weighted by Crippen LogP contribution is 2.22. The van der Waals surface area contributed by atoms with E-state index in [1.165, 1.54) is 24.3 Å². The molecule has 0 spiro atoms. The predicted octanol–water partition coefficient (Wildman–Crippen LogP) is 3.85. The van der Waals surface area contributed by atoms with E-state index in [-0.39, 0.29) is 16.2 Å². The van der Waals surface area contributed by atoms with Crippen molar-refractivity contribution in [3.63, 3.8) is 0 Å². The molecule has 3 aromatic rings. The van der Waals surface area contributed by atoms with Gasteiger partial charge in [0.2, 0.25) is 5.78 Å². The molecule has 6 nitrogen and oxygen atoms in total. The Bertz CT molecular complexity index is 1200. The fourth-order valence-electron chi connectivity index (χ4n) is 3.27. The van der Waals surface area contributed by atoms with Gasteiger partial charge in [0.25, 0.3) is 0 Å². The Morgan fingerprint density at radius 3 is 2.10 bits per heavy atom.